The molecule has 76 valence electrons. The molecule has 1 heterocycles. The Labute approximate surface area is 87.7 Å². The van der Waals surface area contributed by atoms with Crippen molar-refractivity contribution >= 4 is 11.8 Å². The molecule has 0 bridgehead atoms. The molecular weight excluding hydrogens is 198 g/mol. The number of nitrogens with zero attached hydrogens (tertiary/aromatic N) is 3. The minimum Gasteiger partial charge on any atom is -0.339 e. The fourth-order valence-corrected chi connectivity index (χ4v) is 1.44. The summed E-state index contributed by atoms with van der Waals surface area (Å²) in [5, 5.41) is 12.3. The van der Waals surface area contributed by atoms with Crippen LogP contribution in [0.5, 0.6) is 0 Å². The van der Waals surface area contributed by atoms with Crippen molar-refractivity contribution in [1.29, 1.82) is 5.26 Å². The third-order valence-corrected chi connectivity index (χ3v) is 2.41. The summed E-state index contributed by atoms with van der Waals surface area (Å²) in [7, 11) is 0. The van der Waals surface area contributed by atoms with Crippen LogP contribution in [0.2, 0.25) is 0 Å². The molecule has 1 rings (SSSR count). The summed E-state index contributed by atoms with van der Waals surface area (Å²) in [5.74, 6) is 2.33. The Morgan fingerprint density at radius 3 is 3.07 bits per heavy atom. The Balaban J connectivity index is 2.53. The van der Waals surface area contributed by atoms with Crippen LogP contribution < -0.4 is 0 Å². The molecule has 1 unspecified atom stereocenters. The SMILES string of the molecule is CSCc1noc(C(C)CCC#N)n1. The van der Waals surface area contributed by atoms with Crippen LogP contribution in [-0.4, -0.2) is 16.4 Å². The smallest absolute Gasteiger partial charge is 0.229 e. The average molecular weight is 211 g/mol. The molecule has 0 aromatic carbocycles. The van der Waals surface area contributed by atoms with Crippen LogP contribution >= 0.6 is 11.8 Å². The van der Waals surface area contributed by atoms with E-state index in [9.17, 15) is 0 Å². The Hall–Kier alpha value is -1.02. The average Bonchev–Trinajstić information content (AvgIpc) is 2.63. The zero-order valence-electron chi connectivity index (χ0n) is 8.36. The van der Waals surface area contributed by atoms with Crippen LogP contribution in [0.15, 0.2) is 4.52 Å². The molecule has 0 N–H and O–H groups in total. The minimum absolute atomic E-state index is 0.178. The third-order valence-electron chi connectivity index (χ3n) is 1.87. The zero-order valence-corrected chi connectivity index (χ0v) is 9.17. The molecule has 0 aliphatic heterocycles. The van der Waals surface area contributed by atoms with Crippen molar-refractivity contribution < 1.29 is 4.52 Å². The highest BCUT2D eigenvalue weighted by Gasteiger charge is 2.13. The third kappa shape index (κ3) is 3.04. The second-order valence-corrected chi connectivity index (χ2v) is 3.95. The van der Waals surface area contributed by atoms with Gasteiger partial charge in [0.25, 0.3) is 0 Å². The lowest BCUT2D eigenvalue weighted by atomic mass is 10.1. The van der Waals surface area contributed by atoms with Crippen LogP contribution in [0.25, 0.3) is 0 Å². The van der Waals surface area contributed by atoms with Gasteiger partial charge in [0.1, 0.15) is 0 Å². The molecule has 1 aromatic rings. The fraction of sp³-hybridized carbons (Fsp3) is 0.667. The molecule has 5 heteroatoms. The Morgan fingerprint density at radius 2 is 2.43 bits per heavy atom. The highest BCUT2D eigenvalue weighted by molar-refractivity contribution is 7.97. The van der Waals surface area contributed by atoms with Gasteiger partial charge in [0.05, 0.1) is 11.8 Å². The Bertz CT molecular complexity index is 318. The van der Waals surface area contributed by atoms with Gasteiger partial charge in [0.2, 0.25) is 5.89 Å². The van der Waals surface area contributed by atoms with Crippen molar-refractivity contribution in [1.82, 2.24) is 10.1 Å². The molecule has 0 saturated heterocycles. The van der Waals surface area contributed by atoms with Crippen LogP contribution in [0, 0.1) is 11.3 Å². The van der Waals surface area contributed by atoms with E-state index in [0.717, 1.165) is 18.0 Å². The van der Waals surface area contributed by atoms with Crippen LogP contribution in [-0.2, 0) is 5.75 Å². The normalized spacial score (nSPS) is 12.4. The van der Waals surface area contributed by atoms with Gasteiger partial charge >= 0.3 is 0 Å². The first kappa shape index (κ1) is 11.1. The number of thioether (sulfide) groups is 1. The van der Waals surface area contributed by atoms with Gasteiger partial charge in [-0.1, -0.05) is 12.1 Å². The van der Waals surface area contributed by atoms with E-state index in [2.05, 4.69) is 16.2 Å². The fourth-order valence-electron chi connectivity index (χ4n) is 1.06. The van der Waals surface area contributed by atoms with Crippen molar-refractivity contribution in [3.05, 3.63) is 11.7 Å². The quantitative estimate of drug-likeness (QED) is 0.748. The standard InChI is InChI=1S/C9H13N3OS/c1-7(4-3-5-10)9-11-8(6-14-2)12-13-9/h7H,3-4,6H2,1-2H3. The first-order valence-corrected chi connectivity index (χ1v) is 5.85. The largest absolute Gasteiger partial charge is 0.339 e. The van der Waals surface area contributed by atoms with Crippen LogP contribution in [0.4, 0.5) is 0 Å². The summed E-state index contributed by atoms with van der Waals surface area (Å²) in [6.07, 6.45) is 3.30. The lowest BCUT2D eigenvalue weighted by Gasteiger charge is -2.00. The van der Waals surface area contributed by atoms with E-state index in [-0.39, 0.29) is 5.92 Å². The highest BCUT2D eigenvalue weighted by Crippen LogP contribution is 2.19. The van der Waals surface area contributed by atoms with E-state index in [1.165, 1.54) is 0 Å². The second-order valence-electron chi connectivity index (χ2n) is 3.08. The predicted octanol–water partition coefficient (Wildman–Crippen LogP) is 2.34. The minimum atomic E-state index is 0.178. The second kappa shape index (κ2) is 5.66. The van der Waals surface area contributed by atoms with Crippen LogP contribution in [0.1, 0.15) is 37.4 Å². The Kier molecular flexibility index (Phi) is 4.47. The van der Waals surface area contributed by atoms with Gasteiger partial charge in [-0.2, -0.15) is 22.0 Å². The van der Waals surface area contributed by atoms with Crippen molar-refractivity contribution in [2.45, 2.75) is 31.4 Å². The lowest BCUT2D eigenvalue weighted by molar-refractivity contribution is 0.351. The first-order valence-electron chi connectivity index (χ1n) is 4.46. The first-order chi connectivity index (χ1) is 6.77. The molecule has 0 aliphatic rings. The number of aromatic nitrogens is 2. The van der Waals surface area contributed by atoms with Crippen molar-refractivity contribution in [2.24, 2.45) is 0 Å². The monoisotopic (exact) mass is 211 g/mol. The topological polar surface area (TPSA) is 62.7 Å². The molecule has 1 atom stereocenters. The van der Waals surface area contributed by atoms with E-state index in [4.69, 9.17) is 9.78 Å². The maximum atomic E-state index is 8.43. The van der Waals surface area contributed by atoms with Crippen molar-refractivity contribution in [3.63, 3.8) is 0 Å². The molecule has 14 heavy (non-hydrogen) atoms. The molecule has 0 amide bonds. The van der Waals surface area contributed by atoms with Gasteiger partial charge in [-0.15, -0.1) is 0 Å². The summed E-state index contributed by atoms with van der Waals surface area (Å²) >= 11 is 1.66. The summed E-state index contributed by atoms with van der Waals surface area (Å²) in [6, 6.07) is 2.11. The zero-order chi connectivity index (χ0) is 10.4. The van der Waals surface area contributed by atoms with E-state index in [1.54, 1.807) is 11.8 Å². The Morgan fingerprint density at radius 1 is 1.64 bits per heavy atom. The number of nitriles is 1. The molecule has 0 spiro atoms. The molecule has 0 radical (unpaired) electrons. The summed E-state index contributed by atoms with van der Waals surface area (Å²) in [4.78, 5) is 4.24. The predicted molar refractivity (Wildman–Crippen MR) is 54.8 cm³/mol. The summed E-state index contributed by atoms with van der Waals surface area (Å²) in [6.45, 7) is 1.99. The number of rotatable bonds is 5. The van der Waals surface area contributed by atoms with Crippen molar-refractivity contribution in [3.8, 4) is 6.07 Å². The van der Waals surface area contributed by atoms with Gasteiger partial charge in [-0.05, 0) is 12.7 Å². The molecule has 4 nitrogen and oxygen atoms in total. The van der Waals surface area contributed by atoms with E-state index < -0.39 is 0 Å². The molecule has 0 saturated carbocycles. The van der Waals surface area contributed by atoms with E-state index in [1.807, 2.05) is 13.2 Å². The van der Waals surface area contributed by atoms with Gasteiger partial charge in [0.15, 0.2) is 5.82 Å². The lowest BCUT2D eigenvalue weighted by Crippen LogP contribution is -1.93. The number of hydrogen-bond acceptors (Lipinski definition) is 5. The van der Waals surface area contributed by atoms with Gasteiger partial charge in [0, 0.05) is 12.3 Å². The molecular formula is C9H13N3OS. The summed E-state index contributed by atoms with van der Waals surface area (Å²) in [5.41, 5.74) is 0. The number of hydrogen-bond donors (Lipinski definition) is 0. The summed E-state index contributed by atoms with van der Waals surface area (Å²) < 4.78 is 5.09. The highest BCUT2D eigenvalue weighted by atomic mass is 32.2. The van der Waals surface area contributed by atoms with Crippen LogP contribution in [0.3, 0.4) is 0 Å². The maximum Gasteiger partial charge on any atom is 0.229 e. The van der Waals surface area contributed by atoms with E-state index >= 15 is 0 Å². The molecule has 0 fully saturated rings. The maximum absolute atomic E-state index is 8.43. The molecule has 0 aliphatic carbocycles. The van der Waals surface area contributed by atoms with E-state index in [0.29, 0.717) is 12.3 Å². The molecule has 1 aromatic heterocycles. The van der Waals surface area contributed by atoms with Gasteiger partial charge < -0.3 is 4.52 Å². The van der Waals surface area contributed by atoms with Gasteiger partial charge in [-0.25, -0.2) is 0 Å². The van der Waals surface area contributed by atoms with Crippen molar-refractivity contribution in [2.75, 3.05) is 6.26 Å². The van der Waals surface area contributed by atoms with Gasteiger partial charge in [-0.3, -0.25) is 0 Å².